The Morgan fingerprint density at radius 2 is 1.75 bits per heavy atom. The number of thiophene rings is 1. The maximum absolute atomic E-state index is 12.5. The Balaban J connectivity index is 0.00000392. The Morgan fingerprint density at radius 3 is 2.32 bits per heavy atom. The van der Waals surface area contributed by atoms with Crippen molar-refractivity contribution in [2.24, 2.45) is 4.99 Å². The fraction of sp³-hybridized carbons (Fsp3) is 0.333. The van der Waals surface area contributed by atoms with Gasteiger partial charge in [0, 0.05) is 30.1 Å². The molecule has 0 fully saturated rings. The summed E-state index contributed by atoms with van der Waals surface area (Å²) < 4.78 is 37.6. The van der Waals surface area contributed by atoms with Crippen molar-refractivity contribution in [2.75, 3.05) is 19.6 Å². The SMILES string of the molecule is CCNC(=NCc1cccs1)NCCNC(=O)c1ccc(C(F)(F)F)cc1.I. The van der Waals surface area contributed by atoms with Crippen molar-refractivity contribution < 1.29 is 18.0 Å². The molecule has 3 N–H and O–H groups in total. The number of hydrogen-bond donors (Lipinski definition) is 3. The van der Waals surface area contributed by atoms with Crippen LogP contribution in [0.2, 0.25) is 0 Å². The number of amides is 1. The second-order valence-corrected chi connectivity index (χ2v) is 6.56. The number of nitrogens with one attached hydrogen (secondary N) is 3. The van der Waals surface area contributed by atoms with Gasteiger partial charge in [-0.25, -0.2) is 4.99 Å². The minimum atomic E-state index is -4.41. The van der Waals surface area contributed by atoms with Gasteiger partial charge in [0.1, 0.15) is 0 Å². The number of hydrogen-bond acceptors (Lipinski definition) is 3. The molecule has 0 bridgehead atoms. The quantitative estimate of drug-likeness (QED) is 0.222. The van der Waals surface area contributed by atoms with Crippen molar-refractivity contribution in [1.29, 1.82) is 0 Å². The summed E-state index contributed by atoms with van der Waals surface area (Å²) in [4.78, 5) is 17.6. The molecule has 0 aliphatic carbocycles. The van der Waals surface area contributed by atoms with Gasteiger partial charge in [0.15, 0.2) is 5.96 Å². The van der Waals surface area contributed by atoms with Gasteiger partial charge in [0.05, 0.1) is 12.1 Å². The zero-order chi connectivity index (χ0) is 19.7. The molecule has 0 saturated carbocycles. The molecule has 0 aliphatic rings. The van der Waals surface area contributed by atoms with Gasteiger partial charge >= 0.3 is 6.18 Å². The van der Waals surface area contributed by atoms with Crippen LogP contribution in [0.1, 0.15) is 27.7 Å². The monoisotopic (exact) mass is 526 g/mol. The van der Waals surface area contributed by atoms with E-state index in [1.165, 1.54) is 0 Å². The Kier molecular flexibility index (Phi) is 10.3. The smallest absolute Gasteiger partial charge is 0.357 e. The number of halogens is 4. The molecule has 10 heteroatoms. The van der Waals surface area contributed by atoms with Gasteiger partial charge in [0.25, 0.3) is 5.91 Å². The van der Waals surface area contributed by atoms with E-state index in [0.29, 0.717) is 32.1 Å². The lowest BCUT2D eigenvalue weighted by atomic mass is 10.1. The van der Waals surface area contributed by atoms with Crippen molar-refractivity contribution in [3.8, 4) is 0 Å². The first kappa shape index (κ1) is 24.2. The largest absolute Gasteiger partial charge is 0.416 e. The molecule has 0 aliphatic heterocycles. The Hall–Kier alpha value is -1.82. The number of benzene rings is 1. The summed E-state index contributed by atoms with van der Waals surface area (Å²) in [6.45, 7) is 3.96. The van der Waals surface area contributed by atoms with E-state index in [9.17, 15) is 18.0 Å². The molecule has 0 spiro atoms. The summed E-state index contributed by atoms with van der Waals surface area (Å²) in [7, 11) is 0. The molecule has 154 valence electrons. The van der Waals surface area contributed by atoms with E-state index >= 15 is 0 Å². The fourth-order valence-electron chi connectivity index (χ4n) is 2.17. The molecule has 0 saturated heterocycles. The van der Waals surface area contributed by atoms with Gasteiger partial charge in [-0.05, 0) is 42.6 Å². The highest BCUT2D eigenvalue weighted by molar-refractivity contribution is 14.0. The molecular formula is C18H22F3IN4OS. The first-order chi connectivity index (χ1) is 12.9. The third-order valence-corrected chi connectivity index (χ3v) is 4.36. The minimum absolute atomic E-state index is 0. The second-order valence-electron chi connectivity index (χ2n) is 5.53. The maximum Gasteiger partial charge on any atom is 0.416 e. The Bertz CT molecular complexity index is 749. The second kappa shape index (κ2) is 11.9. The van der Waals surface area contributed by atoms with Gasteiger partial charge in [-0.15, -0.1) is 35.3 Å². The standard InChI is InChI=1S/C18H21F3N4OS.HI/c1-2-22-17(25-12-15-4-3-11-27-15)24-10-9-23-16(26)13-5-7-14(8-6-13)18(19,20)21;/h3-8,11H,2,9-10,12H2,1H3,(H,23,26)(H2,22,24,25);1H. The van der Waals surface area contributed by atoms with E-state index in [1.54, 1.807) is 11.3 Å². The molecule has 0 atom stereocenters. The fourth-order valence-corrected chi connectivity index (χ4v) is 2.80. The highest BCUT2D eigenvalue weighted by Gasteiger charge is 2.30. The number of nitrogens with zero attached hydrogens (tertiary/aromatic N) is 1. The molecule has 0 radical (unpaired) electrons. The van der Waals surface area contributed by atoms with Crippen LogP contribution in [-0.4, -0.2) is 31.5 Å². The first-order valence-electron chi connectivity index (χ1n) is 8.40. The van der Waals surface area contributed by atoms with E-state index in [1.807, 2.05) is 24.4 Å². The van der Waals surface area contributed by atoms with Crippen LogP contribution >= 0.6 is 35.3 Å². The predicted molar refractivity (Wildman–Crippen MR) is 116 cm³/mol. The highest BCUT2D eigenvalue weighted by atomic mass is 127. The average Bonchev–Trinajstić information content (AvgIpc) is 3.16. The molecule has 1 heterocycles. The van der Waals surface area contributed by atoms with E-state index in [0.717, 1.165) is 29.1 Å². The third kappa shape index (κ3) is 8.05. The summed E-state index contributed by atoms with van der Waals surface area (Å²) in [5.74, 6) is 0.209. The number of aliphatic imine (C=N–C) groups is 1. The Morgan fingerprint density at radius 1 is 1.07 bits per heavy atom. The molecule has 5 nitrogen and oxygen atoms in total. The number of alkyl halides is 3. The minimum Gasteiger partial charge on any atom is -0.357 e. The van der Waals surface area contributed by atoms with Crippen LogP contribution < -0.4 is 16.0 Å². The van der Waals surface area contributed by atoms with Gasteiger partial charge < -0.3 is 16.0 Å². The Labute approximate surface area is 182 Å². The number of carbonyl (C=O) groups excluding carboxylic acids is 1. The third-order valence-electron chi connectivity index (χ3n) is 3.49. The molecule has 28 heavy (non-hydrogen) atoms. The summed E-state index contributed by atoms with van der Waals surface area (Å²) in [5, 5.41) is 10.9. The van der Waals surface area contributed by atoms with Crippen LogP contribution in [-0.2, 0) is 12.7 Å². The van der Waals surface area contributed by atoms with E-state index in [-0.39, 0.29) is 29.5 Å². The molecule has 1 amide bonds. The van der Waals surface area contributed by atoms with Gasteiger partial charge in [-0.2, -0.15) is 13.2 Å². The van der Waals surface area contributed by atoms with Crippen LogP contribution in [0.25, 0.3) is 0 Å². The van der Waals surface area contributed by atoms with Crippen LogP contribution in [0.4, 0.5) is 13.2 Å². The van der Waals surface area contributed by atoms with Crippen LogP contribution in [0.15, 0.2) is 46.8 Å². The zero-order valence-corrected chi connectivity index (χ0v) is 18.3. The molecule has 2 rings (SSSR count). The van der Waals surface area contributed by atoms with Crippen molar-refractivity contribution in [3.63, 3.8) is 0 Å². The topological polar surface area (TPSA) is 65.5 Å². The molecular weight excluding hydrogens is 504 g/mol. The van der Waals surface area contributed by atoms with E-state index in [4.69, 9.17) is 0 Å². The van der Waals surface area contributed by atoms with Gasteiger partial charge in [-0.1, -0.05) is 6.07 Å². The van der Waals surface area contributed by atoms with Crippen molar-refractivity contribution in [2.45, 2.75) is 19.6 Å². The first-order valence-corrected chi connectivity index (χ1v) is 9.28. The summed E-state index contributed by atoms with van der Waals surface area (Å²) in [6.07, 6.45) is -4.41. The number of rotatable bonds is 7. The van der Waals surface area contributed by atoms with Crippen molar-refractivity contribution in [1.82, 2.24) is 16.0 Å². The molecule has 2 aromatic rings. The average molecular weight is 526 g/mol. The van der Waals surface area contributed by atoms with Crippen LogP contribution in [0, 0.1) is 0 Å². The lowest BCUT2D eigenvalue weighted by Gasteiger charge is -2.12. The van der Waals surface area contributed by atoms with Gasteiger partial charge in [0.2, 0.25) is 0 Å². The summed E-state index contributed by atoms with van der Waals surface area (Å²) >= 11 is 1.63. The highest BCUT2D eigenvalue weighted by Crippen LogP contribution is 2.29. The lowest BCUT2D eigenvalue weighted by Crippen LogP contribution is -2.41. The predicted octanol–water partition coefficient (Wildman–Crippen LogP) is 3.87. The normalized spacial score (nSPS) is 11.5. The number of carbonyl (C=O) groups is 1. The van der Waals surface area contributed by atoms with Crippen LogP contribution in [0.5, 0.6) is 0 Å². The van der Waals surface area contributed by atoms with Crippen LogP contribution in [0.3, 0.4) is 0 Å². The summed E-state index contributed by atoms with van der Waals surface area (Å²) in [6, 6.07) is 8.09. The zero-order valence-electron chi connectivity index (χ0n) is 15.2. The van der Waals surface area contributed by atoms with E-state index < -0.39 is 17.6 Å². The maximum atomic E-state index is 12.5. The van der Waals surface area contributed by atoms with Crippen molar-refractivity contribution in [3.05, 3.63) is 57.8 Å². The van der Waals surface area contributed by atoms with Gasteiger partial charge in [-0.3, -0.25) is 4.79 Å². The molecule has 0 unspecified atom stereocenters. The number of guanidine groups is 1. The van der Waals surface area contributed by atoms with Crippen molar-refractivity contribution >= 4 is 47.2 Å². The molecule has 1 aromatic heterocycles. The summed E-state index contributed by atoms with van der Waals surface area (Å²) in [5.41, 5.74) is -0.598. The molecule has 1 aromatic carbocycles. The van der Waals surface area contributed by atoms with E-state index in [2.05, 4.69) is 20.9 Å². The lowest BCUT2D eigenvalue weighted by molar-refractivity contribution is -0.137.